The van der Waals surface area contributed by atoms with Crippen LogP contribution in [0.1, 0.15) is 113 Å². The van der Waals surface area contributed by atoms with Gasteiger partial charge in [-0.05, 0) is 198 Å². The lowest BCUT2D eigenvalue weighted by Crippen LogP contribution is -2.44. The van der Waals surface area contributed by atoms with Crippen LogP contribution in [0.25, 0.3) is 0 Å². The Balaban J connectivity index is 0.000000254. The van der Waals surface area contributed by atoms with Gasteiger partial charge in [0.1, 0.15) is 28.7 Å². The fourth-order valence-electron chi connectivity index (χ4n) is 11.0. The fraction of sp³-hybridized carbons (Fsp3) is 0.500. The van der Waals surface area contributed by atoms with Gasteiger partial charge in [0.15, 0.2) is 33.3 Å². The topological polar surface area (TPSA) is 98.8 Å². The third-order valence-electron chi connectivity index (χ3n) is 14.5. The zero-order chi connectivity index (χ0) is 56.5. The van der Waals surface area contributed by atoms with Crippen LogP contribution in [0.4, 0.5) is 0 Å². The summed E-state index contributed by atoms with van der Waals surface area (Å²) in [4.78, 5) is 22.4. The van der Waals surface area contributed by atoms with Gasteiger partial charge in [0, 0.05) is 19.3 Å². The molecule has 0 atom stereocenters. The number of hydrogen-bond donors (Lipinski definition) is 0. The summed E-state index contributed by atoms with van der Waals surface area (Å²) in [5.41, 5.74) is 6.36. The van der Waals surface area contributed by atoms with E-state index >= 15 is 0 Å². The number of carbonyl (C=O) groups excluding carboxylic acids is 2. The molecule has 0 saturated heterocycles. The van der Waals surface area contributed by atoms with Crippen molar-refractivity contribution in [1.82, 2.24) is 0 Å². The van der Waals surface area contributed by atoms with Gasteiger partial charge in [-0.2, -0.15) is 0 Å². The van der Waals surface area contributed by atoms with E-state index in [4.69, 9.17) is 31.9 Å². The highest BCUT2D eigenvalue weighted by molar-refractivity contribution is 6.85. The summed E-state index contributed by atoms with van der Waals surface area (Å²) in [5.74, 6) is 3.60. The molecule has 0 N–H and O–H groups in total. The Bertz CT molecular complexity index is 2520. The lowest BCUT2D eigenvalue weighted by atomic mass is 9.65. The van der Waals surface area contributed by atoms with E-state index in [2.05, 4.69) is 114 Å². The molecule has 0 radical (unpaired) electrons. The summed E-state index contributed by atoms with van der Waals surface area (Å²) in [6, 6.07) is 45.7. The maximum atomic E-state index is 11.3. The van der Waals surface area contributed by atoms with Crippen molar-refractivity contribution in [3.05, 3.63) is 149 Å². The molecule has 5 aromatic carbocycles. The monoisotopic (exact) mass is 1120 g/mol. The molecular weight excluding hydrogens is 1030 g/mol. The van der Waals surface area contributed by atoms with Crippen LogP contribution in [0.5, 0.6) is 28.7 Å². The average molecular weight is 1120 g/mol. The van der Waals surface area contributed by atoms with E-state index in [1.807, 2.05) is 66.7 Å². The van der Waals surface area contributed by atoms with Crippen molar-refractivity contribution in [2.45, 2.75) is 186 Å². The first-order valence-electron chi connectivity index (χ1n) is 28.4. The first-order valence-corrected chi connectivity index (χ1v) is 40.9. The molecule has 1 aliphatic rings. The molecule has 0 amide bonds. The normalized spacial score (nSPS) is 13.5. The second-order valence-electron chi connectivity index (χ2n) is 23.2. The summed E-state index contributed by atoms with van der Waals surface area (Å²) in [5, 5.41) is 0. The Morgan fingerprint density at radius 1 is 0.429 bits per heavy atom. The molecule has 1 aliphatic carbocycles. The molecule has 422 valence electrons. The first kappa shape index (κ1) is 64.8. The minimum absolute atomic E-state index is 0.0409. The molecule has 5 aromatic rings. The predicted molar refractivity (Wildman–Crippen MR) is 330 cm³/mol. The van der Waals surface area contributed by atoms with E-state index in [0.29, 0.717) is 11.5 Å². The number of carbonyl (C=O) groups is 2. The summed E-state index contributed by atoms with van der Waals surface area (Å²) in [6.45, 7) is 24.0. The number of para-hydroxylation sites is 3. The van der Waals surface area contributed by atoms with Crippen LogP contribution in [0.15, 0.2) is 121 Å². The van der Waals surface area contributed by atoms with Gasteiger partial charge in [0.05, 0.1) is 21.3 Å². The zero-order valence-electron chi connectivity index (χ0n) is 49.7. The van der Waals surface area contributed by atoms with E-state index < -0.39 is 33.3 Å². The average Bonchev–Trinajstić information content (AvgIpc) is 3.40. The van der Waals surface area contributed by atoms with Gasteiger partial charge < -0.3 is 31.9 Å². The second-order valence-corrected chi connectivity index (χ2v) is 40.9. The number of benzene rings is 5. The van der Waals surface area contributed by atoms with Crippen LogP contribution in [0, 0.1) is 0 Å². The molecule has 77 heavy (non-hydrogen) atoms. The molecule has 6 rings (SSSR count). The maximum Gasteiger partial charge on any atom is 0.308 e. The Kier molecular flexibility index (Phi) is 26.7. The zero-order valence-corrected chi connectivity index (χ0v) is 53.7. The SMILES string of the molecule is CCCC[Si](C)(C)O[Si](C)(C)CCCc1ccccc1OC.COc1ccc(C2(c3ccc(OC(C)=O)cc3)CCCCC2)cc1.COc1ccccc1CCC[Si](C)(C)O[Si](C)(C)CCCc1ccccc1OC(C)=O. The number of hydrogen-bond acceptors (Lipinski definition) is 9. The Morgan fingerprint density at radius 2 is 0.779 bits per heavy atom. The highest BCUT2D eigenvalue weighted by Gasteiger charge is 2.36. The summed E-state index contributed by atoms with van der Waals surface area (Å²) in [6.07, 6.45) is 15.0. The van der Waals surface area contributed by atoms with E-state index in [0.717, 1.165) is 79.8 Å². The van der Waals surface area contributed by atoms with E-state index in [1.54, 1.807) is 21.3 Å². The van der Waals surface area contributed by atoms with Gasteiger partial charge in [0.25, 0.3) is 0 Å². The molecule has 0 aromatic heterocycles. The van der Waals surface area contributed by atoms with Gasteiger partial charge in [-0.25, -0.2) is 0 Å². The molecular formula is C64H96O9Si4. The second kappa shape index (κ2) is 31.7. The smallest absolute Gasteiger partial charge is 0.308 e. The van der Waals surface area contributed by atoms with E-state index in [1.165, 1.54) is 86.7 Å². The van der Waals surface area contributed by atoms with Crippen LogP contribution in [-0.4, -0.2) is 66.5 Å². The Morgan fingerprint density at radius 3 is 1.14 bits per heavy atom. The van der Waals surface area contributed by atoms with E-state index in [9.17, 15) is 9.59 Å². The molecule has 0 bridgehead atoms. The Labute approximate surface area is 469 Å². The number of rotatable bonds is 26. The molecule has 0 heterocycles. The number of methoxy groups -OCH3 is 3. The standard InChI is InChI=1S/C25H38O4Si2.C21H24O3.C18H34O2Si2/c1-21(26)28-25-18-10-8-14-23(25)16-12-20-31(5,6)29-30(3,4)19-11-15-22-13-7-9-17-24(22)27-2;1-16(22)24-20-12-8-18(9-13-20)21(14-4-3-5-15-21)17-6-10-19(23-2)11-7-17;1-7-8-15-21(3,4)20-22(5,6)16-11-13-17-12-9-10-14-18(17)19-2/h7-10,13-14,17-18H,11-12,15-16,19-20H2,1-6H3;6-13H,3-5,14-15H2,1-2H3;9-10,12,14H,7-8,11,13,15-16H2,1-6H3. The van der Waals surface area contributed by atoms with Crippen LogP contribution in [0.2, 0.25) is 76.6 Å². The number of unbranched alkanes of at least 4 members (excludes halogenated alkanes) is 1. The quantitative estimate of drug-likeness (QED) is 0.0304. The lowest BCUT2D eigenvalue weighted by Gasteiger charge is -2.38. The summed E-state index contributed by atoms with van der Waals surface area (Å²) >= 11 is 0. The van der Waals surface area contributed by atoms with Crippen molar-refractivity contribution >= 4 is 45.2 Å². The maximum absolute atomic E-state index is 11.3. The van der Waals surface area contributed by atoms with Gasteiger partial charge in [-0.3, -0.25) is 9.59 Å². The molecule has 13 heteroatoms. The largest absolute Gasteiger partial charge is 0.497 e. The van der Waals surface area contributed by atoms with Gasteiger partial charge in [-0.15, -0.1) is 0 Å². The van der Waals surface area contributed by atoms with Crippen molar-refractivity contribution < 1.29 is 41.5 Å². The van der Waals surface area contributed by atoms with Crippen molar-refractivity contribution in [1.29, 1.82) is 0 Å². The minimum atomic E-state index is -1.76. The summed E-state index contributed by atoms with van der Waals surface area (Å²) in [7, 11) is -1.33. The fourth-order valence-corrected chi connectivity index (χ4v) is 28.9. The number of ether oxygens (including phenoxy) is 5. The Hall–Kier alpha value is -4.77. The van der Waals surface area contributed by atoms with Crippen LogP contribution in [-0.2, 0) is 42.5 Å². The van der Waals surface area contributed by atoms with Crippen LogP contribution >= 0.6 is 0 Å². The van der Waals surface area contributed by atoms with Gasteiger partial charge >= 0.3 is 11.9 Å². The summed E-state index contributed by atoms with van der Waals surface area (Å²) < 4.78 is 40.2. The van der Waals surface area contributed by atoms with Crippen molar-refractivity contribution in [2.24, 2.45) is 0 Å². The molecule has 9 nitrogen and oxygen atoms in total. The van der Waals surface area contributed by atoms with Crippen molar-refractivity contribution in [3.8, 4) is 28.7 Å². The van der Waals surface area contributed by atoms with Gasteiger partial charge in [0.2, 0.25) is 0 Å². The highest BCUT2D eigenvalue weighted by atomic mass is 28.4. The molecule has 0 aliphatic heterocycles. The van der Waals surface area contributed by atoms with Crippen molar-refractivity contribution in [3.63, 3.8) is 0 Å². The number of esters is 2. The van der Waals surface area contributed by atoms with Crippen molar-refractivity contribution in [2.75, 3.05) is 21.3 Å². The first-order chi connectivity index (χ1) is 36.5. The molecule has 1 fully saturated rings. The van der Waals surface area contributed by atoms with E-state index in [-0.39, 0.29) is 17.4 Å². The molecule has 1 saturated carbocycles. The predicted octanol–water partition coefficient (Wildman–Crippen LogP) is 17.3. The van der Waals surface area contributed by atoms with Crippen LogP contribution < -0.4 is 23.7 Å². The van der Waals surface area contributed by atoms with Gasteiger partial charge in [-0.1, -0.05) is 118 Å². The molecule has 0 spiro atoms. The number of aryl methyl sites for hydroxylation is 3. The lowest BCUT2D eigenvalue weighted by molar-refractivity contribution is -0.132. The van der Waals surface area contributed by atoms with Crippen LogP contribution in [0.3, 0.4) is 0 Å². The third-order valence-corrected chi connectivity index (χ3v) is 29.6. The highest BCUT2D eigenvalue weighted by Crippen LogP contribution is 2.45. The minimum Gasteiger partial charge on any atom is -0.497 e. The third kappa shape index (κ3) is 22.8. The molecule has 0 unspecified atom stereocenters.